The van der Waals surface area contributed by atoms with Crippen molar-refractivity contribution in [3.05, 3.63) is 95.6 Å². The van der Waals surface area contributed by atoms with Gasteiger partial charge in [-0.2, -0.15) is 0 Å². The lowest BCUT2D eigenvalue weighted by atomic mass is 9.96. The van der Waals surface area contributed by atoms with Crippen molar-refractivity contribution < 1.29 is 4.79 Å². The summed E-state index contributed by atoms with van der Waals surface area (Å²) in [7, 11) is 0. The Labute approximate surface area is 217 Å². The Morgan fingerprint density at radius 2 is 1.86 bits per heavy atom. The number of pyridine rings is 1. The molecule has 0 bridgehead atoms. The molecule has 2 atom stereocenters. The molecular formula is C29H31N5OS. The van der Waals surface area contributed by atoms with Gasteiger partial charge < -0.3 is 20.1 Å². The van der Waals surface area contributed by atoms with Crippen LogP contribution < -0.4 is 10.6 Å². The van der Waals surface area contributed by atoms with E-state index in [0.29, 0.717) is 18.1 Å². The normalized spacial score (nSPS) is 17.4. The van der Waals surface area contributed by atoms with Crippen LogP contribution in [-0.2, 0) is 11.3 Å². The lowest BCUT2D eigenvalue weighted by Crippen LogP contribution is -2.33. The van der Waals surface area contributed by atoms with Gasteiger partial charge in [0.25, 0.3) is 0 Å². The molecule has 1 amide bonds. The summed E-state index contributed by atoms with van der Waals surface area (Å²) < 4.78 is 2.32. The molecule has 0 spiro atoms. The molecular weight excluding hydrogens is 466 g/mol. The third kappa shape index (κ3) is 4.46. The van der Waals surface area contributed by atoms with Gasteiger partial charge >= 0.3 is 0 Å². The first-order valence-electron chi connectivity index (χ1n) is 12.4. The first-order valence-corrected chi connectivity index (χ1v) is 12.8. The highest BCUT2D eigenvalue weighted by atomic mass is 32.1. The number of nitrogens with one attached hydrogen (secondary N) is 2. The number of aryl methyl sites for hydroxylation is 1. The molecule has 5 rings (SSSR count). The number of anilines is 1. The monoisotopic (exact) mass is 497 g/mol. The van der Waals surface area contributed by atoms with Crippen molar-refractivity contribution >= 4 is 39.7 Å². The Kier molecular flexibility index (Phi) is 6.74. The van der Waals surface area contributed by atoms with E-state index >= 15 is 0 Å². The number of amides is 1. The molecule has 0 radical (unpaired) electrons. The predicted octanol–water partition coefficient (Wildman–Crippen LogP) is 5.67. The molecule has 1 aliphatic heterocycles. The van der Waals surface area contributed by atoms with Crippen LogP contribution in [0.1, 0.15) is 48.1 Å². The van der Waals surface area contributed by atoms with Crippen molar-refractivity contribution in [2.75, 3.05) is 11.9 Å². The first kappa shape index (κ1) is 24.0. The van der Waals surface area contributed by atoms with E-state index in [0.717, 1.165) is 28.7 Å². The largest absolute Gasteiger partial charge is 0.352 e. The smallest absolute Gasteiger partial charge is 0.226 e. The molecule has 36 heavy (non-hydrogen) atoms. The summed E-state index contributed by atoms with van der Waals surface area (Å²) in [6, 6.07) is 22.1. The lowest BCUT2D eigenvalue weighted by molar-refractivity contribution is -0.116. The van der Waals surface area contributed by atoms with Gasteiger partial charge in [-0.1, -0.05) is 42.5 Å². The Morgan fingerprint density at radius 3 is 2.61 bits per heavy atom. The number of hydrogen-bond acceptors (Lipinski definition) is 3. The van der Waals surface area contributed by atoms with Crippen LogP contribution in [0.5, 0.6) is 0 Å². The van der Waals surface area contributed by atoms with Crippen LogP contribution in [0.15, 0.2) is 72.9 Å². The molecule has 7 heteroatoms. The molecule has 1 fully saturated rings. The van der Waals surface area contributed by atoms with Crippen molar-refractivity contribution in [3.63, 3.8) is 0 Å². The minimum atomic E-state index is -0.0920. The molecule has 0 unspecified atom stereocenters. The van der Waals surface area contributed by atoms with Crippen molar-refractivity contribution in [1.29, 1.82) is 0 Å². The van der Waals surface area contributed by atoms with Gasteiger partial charge in [-0.3, -0.25) is 9.78 Å². The highest BCUT2D eigenvalue weighted by Crippen LogP contribution is 2.40. The molecule has 1 aliphatic rings. The second-order valence-corrected chi connectivity index (χ2v) is 9.60. The predicted molar refractivity (Wildman–Crippen MR) is 149 cm³/mol. The van der Waals surface area contributed by atoms with Crippen LogP contribution >= 0.6 is 12.2 Å². The van der Waals surface area contributed by atoms with Crippen LogP contribution in [0, 0.1) is 13.8 Å². The standard InChI is InChI=1S/C29H31N5OS/c1-4-33-19(2)18-23(20(33)3)28-27(25-13-7-8-16-30-25)32-29(36)34(28)17-15-26(35)31-24-14-9-11-21-10-5-6-12-22(21)24/h5-14,16,18,27-28H,4,15,17H2,1-3H3,(H,31,35)(H,32,36)/t27-,28-/m1/s1. The van der Waals surface area contributed by atoms with Gasteiger partial charge in [0.2, 0.25) is 5.91 Å². The quantitative estimate of drug-likeness (QED) is 0.322. The van der Waals surface area contributed by atoms with E-state index in [-0.39, 0.29) is 18.0 Å². The molecule has 0 aliphatic carbocycles. The number of hydrogen-bond donors (Lipinski definition) is 2. The van der Waals surface area contributed by atoms with Gasteiger partial charge in [0.05, 0.1) is 17.8 Å². The van der Waals surface area contributed by atoms with Gasteiger partial charge in [-0.15, -0.1) is 0 Å². The van der Waals surface area contributed by atoms with E-state index in [1.165, 1.54) is 17.0 Å². The zero-order valence-electron chi connectivity index (χ0n) is 20.9. The highest BCUT2D eigenvalue weighted by Gasteiger charge is 2.41. The number of aromatic nitrogens is 2. The van der Waals surface area contributed by atoms with Crippen molar-refractivity contribution in [2.45, 2.75) is 45.8 Å². The fourth-order valence-electron chi connectivity index (χ4n) is 5.37. The summed E-state index contributed by atoms with van der Waals surface area (Å²) >= 11 is 5.80. The average Bonchev–Trinajstić information content (AvgIpc) is 3.37. The van der Waals surface area contributed by atoms with Gasteiger partial charge in [0, 0.05) is 48.2 Å². The second-order valence-electron chi connectivity index (χ2n) is 9.22. The Hall–Kier alpha value is -3.71. The van der Waals surface area contributed by atoms with Crippen LogP contribution in [0.25, 0.3) is 10.8 Å². The Morgan fingerprint density at radius 1 is 1.08 bits per heavy atom. The molecule has 2 N–H and O–H groups in total. The van der Waals surface area contributed by atoms with Crippen LogP contribution in [0.3, 0.4) is 0 Å². The SMILES string of the molecule is CCn1c(C)cc([C@@H]2[C@@H](c3ccccn3)NC(=S)N2CCC(=O)Nc2cccc3ccccc23)c1C. The lowest BCUT2D eigenvalue weighted by Gasteiger charge is -2.28. The maximum atomic E-state index is 13.1. The Bertz CT molecular complexity index is 1410. The van der Waals surface area contributed by atoms with E-state index in [1.807, 2.05) is 54.7 Å². The van der Waals surface area contributed by atoms with E-state index < -0.39 is 0 Å². The summed E-state index contributed by atoms with van der Waals surface area (Å²) in [5.41, 5.74) is 5.42. The second kappa shape index (κ2) is 10.1. The number of thiocarbonyl (C=S) groups is 1. The van der Waals surface area contributed by atoms with Crippen molar-refractivity contribution in [1.82, 2.24) is 19.8 Å². The maximum absolute atomic E-state index is 13.1. The van der Waals surface area contributed by atoms with Gasteiger partial charge in [0.15, 0.2) is 5.11 Å². The minimum Gasteiger partial charge on any atom is -0.352 e. The highest BCUT2D eigenvalue weighted by molar-refractivity contribution is 7.80. The summed E-state index contributed by atoms with van der Waals surface area (Å²) in [4.78, 5) is 19.8. The summed E-state index contributed by atoms with van der Waals surface area (Å²) in [6.45, 7) is 7.87. The van der Waals surface area contributed by atoms with E-state index in [9.17, 15) is 4.79 Å². The number of rotatable bonds is 7. The van der Waals surface area contributed by atoms with Crippen LogP contribution in [0.2, 0.25) is 0 Å². The summed E-state index contributed by atoms with van der Waals surface area (Å²) in [5, 5.41) is 9.39. The number of carbonyl (C=O) groups excluding carboxylic acids is 1. The molecule has 2 aromatic heterocycles. The summed E-state index contributed by atoms with van der Waals surface area (Å²) in [6.07, 6.45) is 2.13. The number of benzene rings is 2. The van der Waals surface area contributed by atoms with Gasteiger partial charge in [-0.25, -0.2) is 0 Å². The zero-order chi connectivity index (χ0) is 25.2. The fraction of sp³-hybridized carbons (Fsp3) is 0.276. The first-order chi connectivity index (χ1) is 17.5. The molecule has 4 aromatic rings. The van der Waals surface area contributed by atoms with Gasteiger partial charge in [0.1, 0.15) is 0 Å². The van der Waals surface area contributed by atoms with Crippen molar-refractivity contribution in [2.24, 2.45) is 0 Å². The minimum absolute atomic E-state index is 0.0341. The zero-order valence-corrected chi connectivity index (χ0v) is 21.7. The molecule has 184 valence electrons. The average molecular weight is 498 g/mol. The Balaban J connectivity index is 1.40. The third-order valence-corrected chi connectivity index (χ3v) is 7.44. The topological polar surface area (TPSA) is 62.2 Å². The van der Waals surface area contributed by atoms with E-state index in [1.54, 1.807) is 0 Å². The van der Waals surface area contributed by atoms with Crippen LogP contribution in [0.4, 0.5) is 5.69 Å². The molecule has 1 saturated heterocycles. The van der Waals surface area contributed by atoms with Gasteiger partial charge in [-0.05, 0) is 68.2 Å². The molecule has 0 saturated carbocycles. The summed E-state index contributed by atoms with van der Waals surface area (Å²) in [5.74, 6) is -0.0341. The number of carbonyl (C=O) groups is 1. The molecule has 3 heterocycles. The number of nitrogens with zero attached hydrogens (tertiary/aromatic N) is 3. The van der Waals surface area contributed by atoms with E-state index in [2.05, 4.69) is 64.1 Å². The van der Waals surface area contributed by atoms with Crippen molar-refractivity contribution in [3.8, 4) is 0 Å². The maximum Gasteiger partial charge on any atom is 0.226 e. The fourth-order valence-corrected chi connectivity index (χ4v) is 5.70. The number of fused-ring (bicyclic) bond motifs is 1. The van der Waals surface area contributed by atoms with E-state index in [4.69, 9.17) is 12.2 Å². The third-order valence-electron chi connectivity index (χ3n) is 7.09. The molecule has 2 aromatic carbocycles. The van der Waals surface area contributed by atoms with Crippen LogP contribution in [-0.4, -0.2) is 32.0 Å². The molecule has 6 nitrogen and oxygen atoms in total.